The molecule has 0 aliphatic heterocycles. The molecule has 0 heterocycles. The molecule has 0 aromatic heterocycles. The zero-order chi connectivity index (χ0) is 13.9. The van der Waals surface area contributed by atoms with Crippen LogP contribution in [0.25, 0.3) is 0 Å². The Hall–Kier alpha value is -1.06. The van der Waals surface area contributed by atoms with Gasteiger partial charge in [0.05, 0.1) is 6.10 Å². The molecule has 1 aliphatic carbocycles. The van der Waals surface area contributed by atoms with E-state index in [1.807, 2.05) is 26.0 Å². The third-order valence-corrected chi connectivity index (χ3v) is 3.83. The van der Waals surface area contributed by atoms with Crippen molar-refractivity contribution < 1.29 is 9.84 Å². The highest BCUT2D eigenvalue weighted by Crippen LogP contribution is 2.44. The standard InChI is InChI=1S/C16H25NO2/c1-12(2)19-15-6-4-14(5-7-15)13(3)17-10-16(11-18)8-9-16/h4-7,12-13,17-18H,8-11H2,1-3H3. The van der Waals surface area contributed by atoms with Crippen molar-refractivity contribution in [3.05, 3.63) is 29.8 Å². The number of ether oxygens (including phenoxy) is 1. The molecule has 2 rings (SSSR count). The fourth-order valence-corrected chi connectivity index (χ4v) is 2.16. The minimum Gasteiger partial charge on any atom is -0.491 e. The van der Waals surface area contributed by atoms with Crippen LogP contribution in [0.3, 0.4) is 0 Å². The number of aliphatic hydroxyl groups is 1. The Balaban J connectivity index is 1.86. The molecule has 0 radical (unpaired) electrons. The van der Waals surface area contributed by atoms with E-state index in [9.17, 15) is 5.11 Å². The fraction of sp³-hybridized carbons (Fsp3) is 0.625. The van der Waals surface area contributed by atoms with Crippen LogP contribution in [-0.4, -0.2) is 24.4 Å². The zero-order valence-electron chi connectivity index (χ0n) is 12.1. The zero-order valence-corrected chi connectivity index (χ0v) is 12.1. The van der Waals surface area contributed by atoms with Crippen LogP contribution < -0.4 is 10.1 Å². The van der Waals surface area contributed by atoms with Gasteiger partial charge in [-0.2, -0.15) is 0 Å². The molecule has 106 valence electrons. The highest BCUT2D eigenvalue weighted by molar-refractivity contribution is 5.29. The van der Waals surface area contributed by atoms with Crippen LogP contribution in [0.5, 0.6) is 5.75 Å². The summed E-state index contributed by atoms with van der Waals surface area (Å²) >= 11 is 0. The van der Waals surface area contributed by atoms with Crippen LogP contribution in [0.1, 0.15) is 45.2 Å². The highest BCUT2D eigenvalue weighted by atomic mass is 16.5. The molecule has 19 heavy (non-hydrogen) atoms. The topological polar surface area (TPSA) is 41.5 Å². The van der Waals surface area contributed by atoms with E-state index >= 15 is 0 Å². The first-order valence-corrected chi connectivity index (χ1v) is 7.15. The van der Waals surface area contributed by atoms with Crippen molar-refractivity contribution >= 4 is 0 Å². The van der Waals surface area contributed by atoms with Gasteiger partial charge < -0.3 is 15.2 Å². The van der Waals surface area contributed by atoms with Gasteiger partial charge in [0.15, 0.2) is 0 Å². The molecule has 1 fully saturated rings. The van der Waals surface area contributed by atoms with Gasteiger partial charge in [-0.05, 0) is 51.3 Å². The van der Waals surface area contributed by atoms with Crippen molar-refractivity contribution in [3.63, 3.8) is 0 Å². The Labute approximate surface area is 116 Å². The number of nitrogens with one attached hydrogen (secondary N) is 1. The van der Waals surface area contributed by atoms with E-state index in [0.717, 1.165) is 25.1 Å². The van der Waals surface area contributed by atoms with E-state index in [1.54, 1.807) is 0 Å². The fourth-order valence-electron chi connectivity index (χ4n) is 2.16. The predicted molar refractivity (Wildman–Crippen MR) is 77.4 cm³/mol. The van der Waals surface area contributed by atoms with Crippen molar-refractivity contribution in [2.45, 2.75) is 45.8 Å². The lowest BCUT2D eigenvalue weighted by Crippen LogP contribution is -2.28. The summed E-state index contributed by atoms with van der Waals surface area (Å²) in [5, 5.41) is 12.8. The Morgan fingerprint density at radius 1 is 1.21 bits per heavy atom. The molecule has 1 aliphatic rings. The molecule has 1 atom stereocenters. The molecule has 0 bridgehead atoms. The van der Waals surface area contributed by atoms with Gasteiger partial charge in [-0.25, -0.2) is 0 Å². The lowest BCUT2D eigenvalue weighted by atomic mass is 10.1. The van der Waals surface area contributed by atoms with Gasteiger partial charge in [0.2, 0.25) is 0 Å². The first kappa shape index (κ1) is 14.4. The summed E-state index contributed by atoms with van der Waals surface area (Å²) in [5.74, 6) is 0.917. The van der Waals surface area contributed by atoms with E-state index in [1.165, 1.54) is 5.56 Å². The third kappa shape index (κ3) is 3.95. The summed E-state index contributed by atoms with van der Waals surface area (Å²) in [6.07, 6.45) is 2.50. The molecule has 3 nitrogen and oxygen atoms in total. The Morgan fingerprint density at radius 2 is 1.84 bits per heavy atom. The maximum atomic E-state index is 9.30. The van der Waals surface area contributed by atoms with Gasteiger partial charge in [-0.3, -0.25) is 0 Å². The molecule has 1 unspecified atom stereocenters. The number of aliphatic hydroxyl groups excluding tert-OH is 1. The van der Waals surface area contributed by atoms with Crippen molar-refractivity contribution in [3.8, 4) is 5.75 Å². The van der Waals surface area contributed by atoms with Gasteiger partial charge in [0.25, 0.3) is 0 Å². The molecule has 0 saturated heterocycles. The first-order chi connectivity index (χ1) is 9.04. The second-order valence-electron chi connectivity index (χ2n) is 6.00. The van der Waals surface area contributed by atoms with Crippen LogP contribution in [0.4, 0.5) is 0 Å². The number of hydrogen-bond acceptors (Lipinski definition) is 3. The SMILES string of the molecule is CC(C)Oc1ccc(C(C)NCC2(CO)CC2)cc1. The molecule has 1 aromatic rings. The summed E-state index contributed by atoms with van der Waals surface area (Å²) in [4.78, 5) is 0. The van der Waals surface area contributed by atoms with Crippen LogP contribution in [0.2, 0.25) is 0 Å². The van der Waals surface area contributed by atoms with Gasteiger partial charge in [0.1, 0.15) is 5.75 Å². The van der Waals surface area contributed by atoms with Gasteiger partial charge >= 0.3 is 0 Å². The monoisotopic (exact) mass is 263 g/mol. The van der Waals surface area contributed by atoms with Gasteiger partial charge in [-0.15, -0.1) is 0 Å². The number of benzene rings is 1. The van der Waals surface area contributed by atoms with Crippen LogP contribution in [-0.2, 0) is 0 Å². The molecule has 2 N–H and O–H groups in total. The second kappa shape index (κ2) is 5.93. The molecule has 0 spiro atoms. The molecule has 1 saturated carbocycles. The van der Waals surface area contributed by atoms with Crippen molar-refractivity contribution in [2.75, 3.05) is 13.2 Å². The van der Waals surface area contributed by atoms with Crippen molar-refractivity contribution in [1.82, 2.24) is 5.32 Å². The summed E-state index contributed by atoms with van der Waals surface area (Å²) < 4.78 is 5.64. The van der Waals surface area contributed by atoms with E-state index < -0.39 is 0 Å². The largest absolute Gasteiger partial charge is 0.491 e. The van der Waals surface area contributed by atoms with Crippen molar-refractivity contribution in [2.24, 2.45) is 5.41 Å². The first-order valence-electron chi connectivity index (χ1n) is 7.15. The van der Waals surface area contributed by atoms with Crippen LogP contribution >= 0.6 is 0 Å². The maximum Gasteiger partial charge on any atom is 0.119 e. The summed E-state index contributed by atoms with van der Waals surface area (Å²) in [5.41, 5.74) is 1.42. The Bertz CT molecular complexity index is 396. The lowest BCUT2D eigenvalue weighted by Gasteiger charge is -2.19. The highest BCUT2D eigenvalue weighted by Gasteiger charge is 2.41. The Kier molecular flexibility index (Phi) is 4.48. The minimum atomic E-state index is 0.162. The molecule has 0 amide bonds. The second-order valence-corrected chi connectivity index (χ2v) is 6.00. The Morgan fingerprint density at radius 3 is 2.32 bits per heavy atom. The number of hydrogen-bond donors (Lipinski definition) is 2. The van der Waals surface area contributed by atoms with Gasteiger partial charge in [-0.1, -0.05) is 12.1 Å². The third-order valence-electron chi connectivity index (χ3n) is 3.83. The predicted octanol–water partition coefficient (Wildman–Crippen LogP) is 2.90. The van der Waals surface area contributed by atoms with E-state index in [0.29, 0.717) is 12.6 Å². The van der Waals surface area contributed by atoms with E-state index in [-0.39, 0.29) is 11.5 Å². The van der Waals surface area contributed by atoms with E-state index in [4.69, 9.17) is 4.74 Å². The summed E-state index contributed by atoms with van der Waals surface area (Å²) in [6, 6.07) is 8.55. The maximum absolute atomic E-state index is 9.30. The van der Waals surface area contributed by atoms with E-state index in [2.05, 4.69) is 24.4 Å². The normalized spacial score (nSPS) is 18.4. The molecule has 1 aromatic carbocycles. The molecular formula is C16H25NO2. The average Bonchev–Trinajstić information content (AvgIpc) is 3.17. The summed E-state index contributed by atoms with van der Waals surface area (Å²) in [6.45, 7) is 7.42. The minimum absolute atomic E-state index is 0.162. The van der Waals surface area contributed by atoms with Crippen LogP contribution in [0, 0.1) is 5.41 Å². The van der Waals surface area contributed by atoms with Crippen molar-refractivity contribution in [1.29, 1.82) is 0 Å². The van der Waals surface area contributed by atoms with Gasteiger partial charge in [0, 0.05) is 24.6 Å². The molecular weight excluding hydrogens is 238 g/mol. The smallest absolute Gasteiger partial charge is 0.119 e. The quantitative estimate of drug-likeness (QED) is 0.795. The summed E-state index contributed by atoms with van der Waals surface area (Å²) in [7, 11) is 0. The average molecular weight is 263 g/mol. The molecule has 3 heteroatoms. The number of rotatable bonds is 7. The van der Waals surface area contributed by atoms with Crippen LogP contribution in [0.15, 0.2) is 24.3 Å². The lowest BCUT2D eigenvalue weighted by molar-refractivity contribution is 0.204.